The Labute approximate surface area is 214 Å². The molecule has 3 heterocycles. The third-order valence-corrected chi connectivity index (χ3v) is 8.47. The molecule has 37 heavy (non-hydrogen) atoms. The minimum Gasteiger partial charge on any atom is -0.385 e. The Kier molecular flexibility index (Phi) is 6.68. The normalized spacial score (nSPS) is 23.0. The lowest BCUT2D eigenvalue weighted by atomic mass is 9.62. The van der Waals surface area contributed by atoms with Gasteiger partial charge in [0.25, 0.3) is 11.5 Å². The first-order chi connectivity index (χ1) is 17.7. The van der Waals surface area contributed by atoms with Crippen LogP contribution in [0.2, 0.25) is 0 Å². The lowest BCUT2D eigenvalue weighted by molar-refractivity contribution is -0.271. The second-order valence-corrected chi connectivity index (χ2v) is 10.3. The van der Waals surface area contributed by atoms with Gasteiger partial charge in [0.1, 0.15) is 0 Å². The van der Waals surface area contributed by atoms with Gasteiger partial charge in [-0.3, -0.25) is 9.59 Å². The summed E-state index contributed by atoms with van der Waals surface area (Å²) in [5.41, 5.74) is -0.248. The van der Waals surface area contributed by atoms with E-state index in [2.05, 4.69) is 22.8 Å². The minimum absolute atomic E-state index is 0.00641. The fourth-order valence-corrected chi connectivity index (χ4v) is 6.51. The Hall–Kier alpha value is -3.07. The number of piperidine rings is 2. The first-order valence-electron chi connectivity index (χ1n) is 12.8. The lowest BCUT2D eigenvalue weighted by Crippen LogP contribution is -2.60. The first-order valence-corrected chi connectivity index (χ1v) is 12.8. The van der Waals surface area contributed by atoms with Crippen molar-refractivity contribution in [1.82, 2.24) is 10.2 Å². The molecule has 0 saturated carbocycles. The van der Waals surface area contributed by atoms with Crippen molar-refractivity contribution in [3.8, 4) is 0 Å². The summed E-state index contributed by atoms with van der Waals surface area (Å²) in [6.07, 6.45) is -1.74. The van der Waals surface area contributed by atoms with E-state index in [0.717, 1.165) is 37.7 Å². The van der Waals surface area contributed by atoms with Gasteiger partial charge >= 0.3 is 6.18 Å². The van der Waals surface area contributed by atoms with Gasteiger partial charge in [0, 0.05) is 56.9 Å². The summed E-state index contributed by atoms with van der Waals surface area (Å²) in [6.45, 7) is 1.60. The molecular formula is C28H32F3N3O3. The molecular weight excluding hydrogens is 483 g/mol. The molecule has 1 unspecified atom stereocenters. The van der Waals surface area contributed by atoms with Crippen LogP contribution in [0, 0.1) is 5.41 Å². The minimum atomic E-state index is -4.95. The topological polar surface area (TPSA) is 70.7 Å². The van der Waals surface area contributed by atoms with Crippen molar-refractivity contribution in [2.75, 3.05) is 38.6 Å². The van der Waals surface area contributed by atoms with Gasteiger partial charge in [-0.1, -0.05) is 48.5 Å². The number of benzene rings is 2. The first kappa shape index (κ1) is 25.6. The Morgan fingerprint density at radius 2 is 1.78 bits per heavy atom. The number of carbonyl (C=O) groups excluding carboxylic acids is 2. The van der Waals surface area contributed by atoms with Gasteiger partial charge in [-0.2, -0.15) is 13.2 Å². The molecule has 0 aromatic heterocycles. The Balaban J connectivity index is 1.44. The van der Waals surface area contributed by atoms with Crippen LogP contribution in [0.25, 0.3) is 0 Å². The second-order valence-electron chi connectivity index (χ2n) is 10.3. The van der Waals surface area contributed by atoms with Crippen molar-refractivity contribution < 1.29 is 27.5 Å². The number of anilines is 1. The van der Waals surface area contributed by atoms with E-state index < -0.39 is 23.1 Å². The molecule has 2 amide bonds. The van der Waals surface area contributed by atoms with E-state index in [4.69, 9.17) is 4.74 Å². The zero-order valence-corrected chi connectivity index (χ0v) is 20.9. The number of para-hydroxylation sites is 1. The average Bonchev–Trinajstić information content (AvgIpc) is 2.89. The molecule has 1 spiro atoms. The lowest BCUT2D eigenvalue weighted by Gasteiger charge is -2.50. The summed E-state index contributed by atoms with van der Waals surface area (Å²) in [7, 11) is 0.927. The summed E-state index contributed by atoms with van der Waals surface area (Å²) in [6, 6.07) is 13.3. The zero-order chi connectivity index (χ0) is 26.3. The van der Waals surface area contributed by atoms with E-state index in [9.17, 15) is 22.8 Å². The number of ether oxygens (including phenoxy) is 1. The highest BCUT2D eigenvalue weighted by molar-refractivity contribution is 5.88. The number of methoxy groups -OCH3 is 1. The average molecular weight is 516 g/mol. The van der Waals surface area contributed by atoms with E-state index >= 15 is 0 Å². The number of fused-ring (bicyclic) bond motifs is 1. The van der Waals surface area contributed by atoms with Crippen LogP contribution in [-0.2, 0) is 26.3 Å². The van der Waals surface area contributed by atoms with Crippen molar-refractivity contribution in [1.29, 1.82) is 0 Å². The smallest absolute Gasteiger partial charge is 0.385 e. The fourth-order valence-electron chi connectivity index (χ4n) is 6.51. The second kappa shape index (κ2) is 9.67. The summed E-state index contributed by atoms with van der Waals surface area (Å²) >= 11 is 0. The molecule has 2 aromatic rings. The number of hydrogen-bond acceptors (Lipinski definition) is 4. The van der Waals surface area contributed by atoms with Gasteiger partial charge in [-0.05, 0) is 42.2 Å². The third-order valence-electron chi connectivity index (χ3n) is 8.47. The van der Waals surface area contributed by atoms with E-state index in [-0.39, 0.29) is 36.9 Å². The Morgan fingerprint density at radius 3 is 2.46 bits per heavy atom. The maximum Gasteiger partial charge on any atom is 0.430 e. The zero-order valence-electron chi connectivity index (χ0n) is 20.9. The number of rotatable bonds is 4. The maximum absolute atomic E-state index is 14.5. The summed E-state index contributed by atoms with van der Waals surface area (Å²) < 4.78 is 48.5. The highest BCUT2D eigenvalue weighted by Crippen LogP contribution is 2.52. The van der Waals surface area contributed by atoms with Crippen LogP contribution < -0.4 is 10.6 Å². The van der Waals surface area contributed by atoms with Gasteiger partial charge in [0.05, 0.1) is 0 Å². The van der Waals surface area contributed by atoms with Crippen molar-refractivity contribution in [3.05, 3.63) is 65.2 Å². The molecule has 6 nitrogen and oxygen atoms in total. The molecule has 2 N–H and O–H groups in total. The SMILES string of the molecule is CO[C@@](C(=O)N1CCC2(CC1)CC(=O)NCC2c1cccc2c1NCCC2)(c1ccccc1)C(F)(F)F. The van der Waals surface area contributed by atoms with Gasteiger partial charge in [0.2, 0.25) is 5.91 Å². The van der Waals surface area contributed by atoms with Crippen LogP contribution >= 0.6 is 0 Å². The molecule has 5 rings (SSSR count). The third kappa shape index (κ3) is 4.27. The predicted molar refractivity (Wildman–Crippen MR) is 133 cm³/mol. The maximum atomic E-state index is 14.5. The highest BCUT2D eigenvalue weighted by Gasteiger charge is 2.64. The monoisotopic (exact) mass is 515 g/mol. The van der Waals surface area contributed by atoms with Crippen molar-refractivity contribution in [2.24, 2.45) is 5.41 Å². The van der Waals surface area contributed by atoms with Gasteiger partial charge in [-0.25, -0.2) is 0 Å². The van der Waals surface area contributed by atoms with Crippen LogP contribution in [0.5, 0.6) is 0 Å². The number of alkyl halides is 3. The van der Waals surface area contributed by atoms with Crippen LogP contribution in [0.4, 0.5) is 18.9 Å². The van der Waals surface area contributed by atoms with E-state index in [1.807, 2.05) is 6.07 Å². The van der Waals surface area contributed by atoms with E-state index in [1.165, 1.54) is 34.7 Å². The number of halogens is 3. The molecule has 9 heteroatoms. The molecule has 0 radical (unpaired) electrons. The number of hydrogen-bond donors (Lipinski definition) is 2. The molecule has 0 aliphatic carbocycles. The molecule has 2 saturated heterocycles. The van der Waals surface area contributed by atoms with Gasteiger partial charge < -0.3 is 20.3 Å². The quantitative estimate of drug-likeness (QED) is 0.635. The van der Waals surface area contributed by atoms with Crippen LogP contribution in [-0.4, -0.2) is 56.2 Å². The van der Waals surface area contributed by atoms with Crippen molar-refractivity contribution in [3.63, 3.8) is 0 Å². The molecule has 3 aliphatic rings. The van der Waals surface area contributed by atoms with Crippen LogP contribution in [0.3, 0.4) is 0 Å². The molecule has 0 bridgehead atoms. The molecule has 2 aromatic carbocycles. The summed E-state index contributed by atoms with van der Waals surface area (Å²) in [5.74, 6) is -1.16. The summed E-state index contributed by atoms with van der Waals surface area (Å²) in [4.78, 5) is 27.4. The predicted octanol–water partition coefficient (Wildman–Crippen LogP) is 4.36. The molecule has 2 fully saturated rings. The van der Waals surface area contributed by atoms with Gasteiger partial charge in [0.15, 0.2) is 0 Å². The molecule has 3 aliphatic heterocycles. The highest BCUT2D eigenvalue weighted by atomic mass is 19.4. The van der Waals surface area contributed by atoms with Crippen LogP contribution in [0.15, 0.2) is 48.5 Å². The number of nitrogens with one attached hydrogen (secondary N) is 2. The number of carbonyl (C=O) groups is 2. The number of likely N-dealkylation sites (tertiary alicyclic amines) is 1. The van der Waals surface area contributed by atoms with E-state index in [1.54, 1.807) is 6.07 Å². The van der Waals surface area contributed by atoms with Crippen molar-refractivity contribution in [2.45, 2.75) is 49.8 Å². The molecule has 198 valence electrons. The number of amides is 2. The van der Waals surface area contributed by atoms with Crippen LogP contribution in [0.1, 0.15) is 48.3 Å². The van der Waals surface area contributed by atoms with Gasteiger partial charge in [-0.15, -0.1) is 0 Å². The largest absolute Gasteiger partial charge is 0.430 e. The fraction of sp³-hybridized carbons (Fsp3) is 0.500. The summed E-state index contributed by atoms with van der Waals surface area (Å²) in [5, 5.41) is 6.53. The number of aryl methyl sites for hydroxylation is 1. The number of nitrogens with zero attached hydrogens (tertiary/aromatic N) is 1. The Bertz CT molecular complexity index is 1160. The van der Waals surface area contributed by atoms with Crippen molar-refractivity contribution >= 4 is 17.5 Å². The Morgan fingerprint density at radius 1 is 1.05 bits per heavy atom. The molecule has 2 atom stereocenters. The standard InChI is InChI=1S/C28H32F3N3O3/c1-37-27(28(29,30)31,20-9-3-2-4-10-20)25(36)34-15-12-26(13-16-34)17-23(35)33-18-22(26)21-11-5-7-19-8-6-14-32-24(19)21/h2-5,7,9-11,22,32H,6,8,12-18H2,1H3,(H,33,35)/t22?,27-/m1/s1. The van der Waals surface area contributed by atoms with E-state index in [0.29, 0.717) is 19.4 Å².